The number of carbonyl (C=O) groups is 1. The fraction of sp³-hybridized carbons (Fsp3) is 0.531. The number of hydrogen-bond acceptors (Lipinski definition) is 6. The summed E-state index contributed by atoms with van der Waals surface area (Å²) in [5.74, 6) is 1.43. The summed E-state index contributed by atoms with van der Waals surface area (Å²) in [6.45, 7) is 7.30. The third-order valence-electron chi connectivity index (χ3n) is 6.68. The van der Waals surface area contributed by atoms with Gasteiger partial charge in [0.15, 0.2) is 0 Å². The van der Waals surface area contributed by atoms with Gasteiger partial charge in [-0.15, -0.1) is 10.2 Å². The van der Waals surface area contributed by atoms with Crippen LogP contribution in [0.5, 0.6) is 11.5 Å². The summed E-state index contributed by atoms with van der Waals surface area (Å²) in [4.78, 5) is 12.7. The van der Waals surface area contributed by atoms with Crippen molar-refractivity contribution in [2.45, 2.75) is 104 Å². The highest BCUT2D eigenvalue weighted by Crippen LogP contribution is 2.28. The molecule has 6 nitrogen and oxygen atoms in total. The fourth-order valence-corrected chi connectivity index (χ4v) is 5.08. The van der Waals surface area contributed by atoms with E-state index in [2.05, 4.69) is 36.3 Å². The summed E-state index contributed by atoms with van der Waals surface area (Å²) in [6, 6.07) is 15.1. The lowest BCUT2D eigenvalue weighted by Crippen LogP contribution is -2.13. The van der Waals surface area contributed by atoms with Crippen LogP contribution in [0.15, 0.2) is 48.5 Å². The van der Waals surface area contributed by atoms with Crippen LogP contribution in [0.2, 0.25) is 0 Å². The number of anilines is 1. The Morgan fingerprint density at radius 2 is 1.41 bits per heavy atom. The van der Waals surface area contributed by atoms with Gasteiger partial charge in [0, 0.05) is 11.1 Å². The number of ether oxygens (including phenoxy) is 2. The normalized spacial score (nSPS) is 11.8. The number of nitrogens with one attached hydrogen (secondary N) is 1. The van der Waals surface area contributed by atoms with Crippen LogP contribution in [0.4, 0.5) is 5.13 Å². The molecule has 0 radical (unpaired) electrons. The van der Waals surface area contributed by atoms with Gasteiger partial charge in [0.05, 0.1) is 12.7 Å². The summed E-state index contributed by atoms with van der Waals surface area (Å²) in [7, 11) is 0. The van der Waals surface area contributed by atoms with Crippen molar-refractivity contribution in [2.24, 2.45) is 0 Å². The number of aromatic nitrogens is 2. The molecule has 0 bridgehead atoms. The van der Waals surface area contributed by atoms with E-state index in [1.165, 1.54) is 75.5 Å². The molecule has 1 N–H and O–H groups in total. The lowest BCUT2D eigenvalue weighted by molar-refractivity contribution is 0.102. The molecule has 0 saturated carbocycles. The highest BCUT2D eigenvalue weighted by molar-refractivity contribution is 7.18. The molecule has 1 heterocycles. The van der Waals surface area contributed by atoms with Gasteiger partial charge in [0.25, 0.3) is 5.91 Å². The van der Waals surface area contributed by atoms with Crippen molar-refractivity contribution in [3.8, 4) is 22.1 Å². The summed E-state index contributed by atoms with van der Waals surface area (Å²) < 4.78 is 11.9. The SMILES string of the molecule is CCCCCCCCCOc1ccc(-c2nnc(NC(=O)c3ccc(O[C@@H](C)CCCCCC)cc3)s2)cc1. The molecule has 1 atom stereocenters. The molecule has 1 aromatic heterocycles. The van der Waals surface area contributed by atoms with Crippen molar-refractivity contribution in [2.75, 3.05) is 11.9 Å². The van der Waals surface area contributed by atoms with Gasteiger partial charge in [-0.25, -0.2) is 0 Å². The maximum Gasteiger partial charge on any atom is 0.257 e. The highest BCUT2D eigenvalue weighted by Gasteiger charge is 2.12. The Balaban J connectivity index is 1.41. The van der Waals surface area contributed by atoms with Gasteiger partial charge >= 0.3 is 0 Å². The standard InChI is InChI=1S/C32H45N3O3S/c1-4-6-8-10-11-12-14-24-37-28-20-18-27(19-21-28)31-34-35-32(39-31)33-30(36)26-16-22-29(23-17-26)38-25(3)15-13-9-7-5-2/h16-23,25H,4-15,24H2,1-3H3,(H,33,35,36)/t25-/m0/s1. The van der Waals surface area contributed by atoms with Crippen molar-refractivity contribution in [3.63, 3.8) is 0 Å². The minimum Gasteiger partial charge on any atom is -0.494 e. The number of hydrogen-bond donors (Lipinski definition) is 1. The average molecular weight is 552 g/mol. The Bertz CT molecular complexity index is 1080. The molecule has 212 valence electrons. The molecule has 0 fully saturated rings. The summed E-state index contributed by atoms with van der Waals surface area (Å²) >= 11 is 1.35. The Labute approximate surface area is 238 Å². The molecule has 2 aromatic carbocycles. The largest absolute Gasteiger partial charge is 0.494 e. The first-order valence-electron chi connectivity index (χ1n) is 14.7. The number of rotatable bonds is 19. The predicted octanol–water partition coefficient (Wildman–Crippen LogP) is 9.32. The Morgan fingerprint density at radius 1 is 0.795 bits per heavy atom. The van der Waals surface area contributed by atoms with Crippen molar-refractivity contribution >= 4 is 22.4 Å². The van der Waals surface area contributed by atoms with E-state index in [9.17, 15) is 4.79 Å². The van der Waals surface area contributed by atoms with Gasteiger partial charge in [0.1, 0.15) is 16.5 Å². The minimum absolute atomic E-state index is 0.159. The van der Waals surface area contributed by atoms with Crippen LogP contribution in [0.3, 0.4) is 0 Å². The van der Waals surface area contributed by atoms with Crippen LogP contribution in [-0.2, 0) is 0 Å². The Kier molecular flexibility index (Phi) is 13.8. The first-order chi connectivity index (χ1) is 19.1. The van der Waals surface area contributed by atoms with Gasteiger partial charge < -0.3 is 9.47 Å². The second kappa shape index (κ2) is 17.6. The van der Waals surface area contributed by atoms with Gasteiger partial charge in [-0.2, -0.15) is 0 Å². The molecule has 3 aromatic rings. The second-order valence-corrected chi connectivity index (χ2v) is 11.1. The lowest BCUT2D eigenvalue weighted by Gasteiger charge is -2.14. The van der Waals surface area contributed by atoms with E-state index in [-0.39, 0.29) is 12.0 Å². The average Bonchev–Trinajstić information content (AvgIpc) is 3.41. The highest BCUT2D eigenvalue weighted by atomic mass is 32.1. The fourth-order valence-electron chi connectivity index (χ4n) is 4.34. The lowest BCUT2D eigenvalue weighted by atomic mass is 10.1. The number of unbranched alkanes of at least 4 members (excludes halogenated alkanes) is 9. The van der Waals surface area contributed by atoms with Crippen molar-refractivity contribution in [1.82, 2.24) is 10.2 Å². The Hall–Kier alpha value is -2.93. The first-order valence-corrected chi connectivity index (χ1v) is 15.6. The van der Waals surface area contributed by atoms with Crippen LogP contribution >= 0.6 is 11.3 Å². The van der Waals surface area contributed by atoms with E-state index in [1.54, 1.807) is 12.1 Å². The van der Waals surface area contributed by atoms with Crippen LogP contribution in [-0.4, -0.2) is 28.8 Å². The van der Waals surface area contributed by atoms with Crippen molar-refractivity contribution in [3.05, 3.63) is 54.1 Å². The molecule has 0 spiro atoms. The van der Waals surface area contributed by atoms with Crippen LogP contribution in [0.25, 0.3) is 10.6 Å². The number of amides is 1. The predicted molar refractivity (Wildman–Crippen MR) is 162 cm³/mol. The summed E-state index contributed by atoms with van der Waals surface area (Å²) in [6.07, 6.45) is 15.0. The smallest absolute Gasteiger partial charge is 0.257 e. The van der Waals surface area contributed by atoms with E-state index in [1.807, 2.05) is 36.4 Å². The molecule has 0 saturated heterocycles. The first kappa shape index (κ1) is 30.6. The second-order valence-electron chi connectivity index (χ2n) is 10.2. The monoisotopic (exact) mass is 551 g/mol. The van der Waals surface area contributed by atoms with Crippen LogP contribution < -0.4 is 14.8 Å². The van der Waals surface area contributed by atoms with E-state index in [0.717, 1.165) is 41.5 Å². The van der Waals surface area contributed by atoms with Gasteiger partial charge in [-0.1, -0.05) is 83.0 Å². The molecule has 1 amide bonds. The molecule has 39 heavy (non-hydrogen) atoms. The molecule has 0 unspecified atom stereocenters. The number of benzene rings is 2. The molecule has 0 aliphatic heterocycles. The quantitative estimate of drug-likeness (QED) is 0.150. The van der Waals surface area contributed by atoms with Crippen LogP contribution in [0.1, 0.15) is 108 Å². The van der Waals surface area contributed by atoms with E-state index < -0.39 is 0 Å². The number of carbonyl (C=O) groups excluding carboxylic acids is 1. The third kappa shape index (κ3) is 11.4. The Morgan fingerprint density at radius 3 is 2.10 bits per heavy atom. The van der Waals surface area contributed by atoms with Gasteiger partial charge in [0.2, 0.25) is 5.13 Å². The third-order valence-corrected chi connectivity index (χ3v) is 7.57. The summed E-state index contributed by atoms with van der Waals surface area (Å²) in [5.41, 5.74) is 1.50. The maximum absolute atomic E-state index is 12.7. The zero-order chi connectivity index (χ0) is 27.7. The minimum atomic E-state index is -0.217. The van der Waals surface area contributed by atoms with E-state index in [0.29, 0.717) is 10.7 Å². The molecule has 7 heteroatoms. The molecular weight excluding hydrogens is 506 g/mol. The number of nitrogens with zero attached hydrogens (tertiary/aromatic N) is 2. The van der Waals surface area contributed by atoms with Gasteiger partial charge in [-0.3, -0.25) is 10.1 Å². The van der Waals surface area contributed by atoms with Crippen molar-refractivity contribution < 1.29 is 14.3 Å². The van der Waals surface area contributed by atoms with Gasteiger partial charge in [-0.05, 0) is 74.7 Å². The topological polar surface area (TPSA) is 73.3 Å². The van der Waals surface area contributed by atoms with E-state index in [4.69, 9.17) is 9.47 Å². The van der Waals surface area contributed by atoms with Crippen molar-refractivity contribution in [1.29, 1.82) is 0 Å². The molecule has 3 rings (SSSR count). The molecule has 0 aliphatic carbocycles. The van der Waals surface area contributed by atoms with E-state index >= 15 is 0 Å². The van der Waals surface area contributed by atoms with Crippen LogP contribution in [0, 0.1) is 0 Å². The summed E-state index contributed by atoms with van der Waals surface area (Å²) in [5, 5.41) is 12.5. The molecule has 0 aliphatic rings. The zero-order valence-corrected chi connectivity index (χ0v) is 24.7. The zero-order valence-electron chi connectivity index (χ0n) is 23.9. The molecular formula is C32H45N3O3S. The maximum atomic E-state index is 12.7.